The van der Waals surface area contributed by atoms with E-state index in [2.05, 4.69) is 31.4 Å². The summed E-state index contributed by atoms with van der Waals surface area (Å²) in [5, 5.41) is 60.0. The number of amides is 2. The first-order valence-corrected chi connectivity index (χ1v) is 30.9. The molecule has 19 heteroatoms. The van der Waals surface area contributed by atoms with Crippen molar-refractivity contribution in [2.45, 2.75) is 319 Å². The van der Waals surface area contributed by atoms with Gasteiger partial charge in [0.2, 0.25) is 11.8 Å². The van der Waals surface area contributed by atoms with Crippen molar-refractivity contribution in [1.29, 1.82) is 0 Å². The van der Waals surface area contributed by atoms with E-state index in [0.717, 1.165) is 70.6 Å². The molecule has 0 radical (unpaired) electrons. The average molecular weight is 1080 g/mol. The molecule has 2 amide bonds. The summed E-state index contributed by atoms with van der Waals surface area (Å²) >= 11 is 0. The van der Waals surface area contributed by atoms with Crippen molar-refractivity contribution >= 4 is 25.6 Å². The number of aliphatic hydroxyl groups excluding tert-OH is 5. The van der Waals surface area contributed by atoms with Crippen molar-refractivity contribution < 1.29 is 77.7 Å². The summed E-state index contributed by atoms with van der Waals surface area (Å²) < 4.78 is 40.6. The number of esters is 1. The van der Waals surface area contributed by atoms with Gasteiger partial charge in [-0.1, -0.05) is 194 Å². The van der Waals surface area contributed by atoms with Gasteiger partial charge >= 0.3 is 13.8 Å². The zero-order valence-electron chi connectivity index (χ0n) is 46.1. The highest BCUT2D eigenvalue weighted by atomic mass is 31.2. The van der Waals surface area contributed by atoms with E-state index in [1.54, 1.807) is 6.92 Å². The van der Waals surface area contributed by atoms with Gasteiger partial charge in [-0.25, -0.2) is 4.57 Å². The topological polar surface area (TPSA) is 280 Å². The highest BCUT2D eigenvalue weighted by molar-refractivity contribution is 7.46. The van der Waals surface area contributed by atoms with E-state index in [1.165, 1.54) is 103 Å². The molecule has 2 fully saturated rings. The number of hydrogen-bond acceptors (Lipinski definition) is 14. The third-order valence-corrected chi connectivity index (χ3v) is 15.1. The lowest BCUT2D eigenvalue weighted by Crippen LogP contribution is -2.66. The van der Waals surface area contributed by atoms with E-state index in [9.17, 15) is 54.3 Å². The molecular weight excluding hydrogens is 976 g/mol. The van der Waals surface area contributed by atoms with Crippen LogP contribution >= 0.6 is 7.82 Å². The number of hydrogen-bond donors (Lipinski definition) is 9. The van der Waals surface area contributed by atoms with E-state index < -0.39 is 112 Å². The van der Waals surface area contributed by atoms with Crippen LogP contribution in [0.4, 0.5) is 0 Å². The quantitative estimate of drug-likeness (QED) is 0.0157. The molecule has 9 N–H and O–H groups in total. The predicted molar refractivity (Wildman–Crippen MR) is 285 cm³/mol. The van der Waals surface area contributed by atoms with Gasteiger partial charge in [0.1, 0.15) is 48.8 Å². The minimum Gasteiger partial charge on any atom is -0.462 e. The number of phosphoric ester groups is 1. The average Bonchev–Trinajstić information content (AvgIpc) is 3.35. The summed E-state index contributed by atoms with van der Waals surface area (Å²) in [5.74, 6) is -1.62. The van der Waals surface area contributed by atoms with E-state index in [0.29, 0.717) is 25.7 Å². The fourth-order valence-electron chi connectivity index (χ4n) is 10.1. The Kier molecular flexibility index (Phi) is 38.1. The summed E-state index contributed by atoms with van der Waals surface area (Å²) in [4.78, 5) is 59.5. The minimum absolute atomic E-state index is 0.190. The second kappa shape index (κ2) is 41.3. The van der Waals surface area contributed by atoms with Gasteiger partial charge in [0.15, 0.2) is 6.29 Å². The first-order valence-electron chi connectivity index (χ1n) is 29.3. The van der Waals surface area contributed by atoms with Gasteiger partial charge in [0, 0.05) is 6.42 Å². The summed E-state index contributed by atoms with van der Waals surface area (Å²) in [6, 6.07) is -2.62. The first-order chi connectivity index (χ1) is 35.5. The molecule has 74 heavy (non-hydrogen) atoms. The molecule has 2 aliphatic rings. The number of rotatable bonds is 45. The third-order valence-electron chi connectivity index (χ3n) is 14.6. The van der Waals surface area contributed by atoms with Crippen molar-refractivity contribution in [3.8, 4) is 0 Å². The van der Waals surface area contributed by atoms with Crippen LogP contribution < -0.4 is 10.6 Å². The van der Waals surface area contributed by atoms with Crippen LogP contribution in [-0.4, -0.2) is 140 Å². The number of carbonyl (C=O) groups excluding carboxylic acids is 3. The number of unbranched alkanes of at least 4 members (excludes halogenated alkanes) is 26. The number of phosphoric acid groups is 1. The molecule has 4 unspecified atom stereocenters. The van der Waals surface area contributed by atoms with E-state index in [4.69, 9.17) is 23.5 Å². The zero-order chi connectivity index (χ0) is 54.6. The third kappa shape index (κ3) is 30.4. The Morgan fingerprint density at radius 2 is 1.01 bits per heavy atom. The molecule has 0 aromatic heterocycles. The molecule has 2 saturated heterocycles. The van der Waals surface area contributed by atoms with Crippen molar-refractivity contribution in [3.63, 3.8) is 0 Å². The lowest BCUT2D eigenvalue weighted by atomic mass is 9.93. The van der Waals surface area contributed by atoms with Crippen molar-refractivity contribution in [3.05, 3.63) is 0 Å². The molecule has 0 saturated carbocycles. The van der Waals surface area contributed by atoms with Gasteiger partial charge in [0.05, 0.1) is 44.3 Å². The van der Waals surface area contributed by atoms with Crippen LogP contribution in [0, 0.1) is 0 Å². The monoisotopic (exact) mass is 1080 g/mol. The molecule has 0 aromatic carbocycles. The van der Waals surface area contributed by atoms with E-state index >= 15 is 0 Å². The maximum Gasteiger partial charge on any atom is 0.470 e. The zero-order valence-corrected chi connectivity index (χ0v) is 47.0. The molecule has 2 aliphatic heterocycles. The minimum atomic E-state index is -5.28. The molecule has 2 rings (SSSR count). The maximum absolute atomic E-state index is 13.9. The van der Waals surface area contributed by atoms with Crippen molar-refractivity contribution in [2.75, 3.05) is 13.2 Å². The summed E-state index contributed by atoms with van der Waals surface area (Å²) in [7, 11) is -5.28. The molecule has 0 bridgehead atoms. The summed E-state index contributed by atoms with van der Waals surface area (Å²) in [5.41, 5.74) is 0. The Labute approximate surface area is 445 Å². The second-order valence-corrected chi connectivity index (χ2v) is 22.5. The van der Waals surface area contributed by atoms with E-state index in [-0.39, 0.29) is 19.3 Å². The number of nitrogens with one attached hydrogen (secondary N) is 2. The van der Waals surface area contributed by atoms with Gasteiger partial charge in [-0.2, -0.15) is 0 Å². The van der Waals surface area contributed by atoms with Crippen LogP contribution in [0.1, 0.15) is 246 Å². The smallest absolute Gasteiger partial charge is 0.462 e. The number of carbonyl (C=O) groups is 3. The standard InChI is InChI=1S/C55H105N2O16P/c1-5-8-11-14-17-20-21-24-27-30-33-36-48(62)71-43(35-32-29-26-23-19-16-13-10-7-3)38-47(61)57-50-53(65)54(73-74(66,67)68)44(39-58)72-55(50)69-40-45-51(63)52(64)49(41(4)70-45)56-46(60)37-42(59)34-31-28-25-22-18-15-12-9-6-2/h41-45,49-55,58-59,63-65H,5-40H2,1-4H3,(H,56,60)(H,57,61)(H2,66,67,68)/t41-,42-,43-,44?,45?,49?,50?,51-,52-,53-,54-,55-/m1/s1. The maximum atomic E-state index is 13.9. The van der Waals surface area contributed by atoms with Crippen molar-refractivity contribution in [1.82, 2.24) is 10.6 Å². The highest BCUT2D eigenvalue weighted by Crippen LogP contribution is 2.41. The summed E-state index contributed by atoms with van der Waals surface area (Å²) in [6.07, 6.45) is 19.0. The number of ether oxygens (including phenoxy) is 4. The fraction of sp³-hybridized carbons (Fsp3) is 0.945. The van der Waals surface area contributed by atoms with Crippen molar-refractivity contribution in [2.24, 2.45) is 0 Å². The Hall–Kier alpha value is -1.80. The normalized spacial score (nSPS) is 25.1. The molecule has 0 aromatic rings. The molecule has 0 spiro atoms. The van der Waals surface area contributed by atoms with E-state index in [1.807, 2.05) is 0 Å². The molecule has 12 atom stereocenters. The van der Waals surface area contributed by atoms with Gasteiger partial charge in [-0.3, -0.25) is 18.9 Å². The Morgan fingerprint density at radius 3 is 1.50 bits per heavy atom. The SMILES string of the molecule is CCCCCCCCCCCCCC(=O)O[C@H](CCCCCCCCCCC)CC(=O)NC1[C@H](OCC2O[C@H](C)C(NC(=O)C[C@H](O)CCCCCCCCCCC)[C@@H](O)[C@@H]2O)OC(CO)[C@@H](OP(=O)(O)O)[C@@H]1O. The Bertz CT molecular complexity index is 1490. The lowest BCUT2D eigenvalue weighted by molar-refractivity contribution is -0.282. The Balaban J connectivity index is 2.07. The molecule has 18 nitrogen and oxygen atoms in total. The molecule has 436 valence electrons. The predicted octanol–water partition coefficient (Wildman–Crippen LogP) is 8.63. The van der Waals surface area contributed by atoms with Crippen LogP contribution in [0.3, 0.4) is 0 Å². The lowest BCUT2D eigenvalue weighted by Gasteiger charge is -2.45. The molecular formula is C55H105N2O16P. The van der Waals surface area contributed by atoms with Crippen LogP contribution in [-0.2, 0) is 42.4 Å². The van der Waals surface area contributed by atoms with Gasteiger partial charge in [0.25, 0.3) is 0 Å². The molecule has 2 heterocycles. The van der Waals surface area contributed by atoms with Gasteiger partial charge in [-0.05, 0) is 32.6 Å². The van der Waals surface area contributed by atoms with Gasteiger partial charge in [-0.15, -0.1) is 0 Å². The first kappa shape index (κ1) is 68.3. The summed E-state index contributed by atoms with van der Waals surface area (Å²) in [6.45, 7) is 6.78. The van der Waals surface area contributed by atoms with Crippen LogP contribution in [0.25, 0.3) is 0 Å². The Morgan fingerprint density at radius 1 is 0.568 bits per heavy atom. The highest BCUT2D eigenvalue weighted by Gasteiger charge is 2.50. The van der Waals surface area contributed by atoms with Crippen LogP contribution in [0.15, 0.2) is 0 Å². The van der Waals surface area contributed by atoms with Crippen LogP contribution in [0.2, 0.25) is 0 Å². The fourth-order valence-corrected chi connectivity index (χ4v) is 10.7. The molecule has 0 aliphatic carbocycles. The second-order valence-electron chi connectivity index (χ2n) is 21.4. The van der Waals surface area contributed by atoms with Crippen LogP contribution in [0.5, 0.6) is 0 Å². The largest absolute Gasteiger partial charge is 0.470 e. The van der Waals surface area contributed by atoms with Gasteiger partial charge < -0.3 is 64.9 Å². The number of aliphatic hydroxyl groups is 5.